The van der Waals surface area contributed by atoms with E-state index < -0.39 is 12.1 Å². The SMILES string of the molecule is C[C@@H](Oc1c(Br)cc(Cl)cc1C=Nn1c(C2CCCCC2)nc2ccccc2c1=O)C(=O)O. The van der Waals surface area contributed by atoms with Crippen molar-refractivity contribution in [2.24, 2.45) is 5.10 Å². The number of aliphatic carboxylic acids is 1. The first-order valence-electron chi connectivity index (χ1n) is 10.8. The molecule has 0 radical (unpaired) electrons. The van der Waals surface area contributed by atoms with Crippen LogP contribution in [0.5, 0.6) is 5.75 Å². The van der Waals surface area contributed by atoms with Gasteiger partial charge in [0.15, 0.2) is 6.10 Å². The quantitative estimate of drug-likeness (QED) is 0.417. The van der Waals surface area contributed by atoms with Gasteiger partial charge in [-0.3, -0.25) is 4.79 Å². The molecule has 0 spiro atoms. The standard InChI is InChI=1S/C24H23BrClN3O4/c1-14(24(31)32)33-21-16(11-17(26)12-19(21)25)13-27-29-22(15-7-3-2-4-8-15)28-20-10-6-5-9-18(20)23(29)30/h5-6,9-15H,2-4,7-8H2,1H3,(H,31,32)/t14-/m1/s1. The monoisotopic (exact) mass is 531 g/mol. The molecule has 7 nitrogen and oxygen atoms in total. The molecular weight excluding hydrogens is 510 g/mol. The molecule has 33 heavy (non-hydrogen) atoms. The average molecular weight is 533 g/mol. The van der Waals surface area contributed by atoms with Crippen molar-refractivity contribution in [2.45, 2.75) is 51.0 Å². The number of carboxylic acids is 1. The lowest BCUT2D eigenvalue weighted by Crippen LogP contribution is -2.25. The summed E-state index contributed by atoms with van der Waals surface area (Å²) in [6.07, 6.45) is 5.63. The maximum absolute atomic E-state index is 13.4. The highest BCUT2D eigenvalue weighted by molar-refractivity contribution is 9.10. The van der Waals surface area contributed by atoms with Crippen LogP contribution < -0.4 is 10.3 Å². The largest absolute Gasteiger partial charge is 0.479 e. The second-order valence-corrected chi connectivity index (χ2v) is 9.38. The van der Waals surface area contributed by atoms with E-state index in [4.69, 9.17) is 21.3 Å². The Morgan fingerprint density at radius 2 is 2.03 bits per heavy atom. The summed E-state index contributed by atoms with van der Waals surface area (Å²) >= 11 is 9.60. The van der Waals surface area contributed by atoms with Crippen molar-refractivity contribution in [1.82, 2.24) is 9.66 Å². The van der Waals surface area contributed by atoms with Gasteiger partial charge in [-0.15, -0.1) is 0 Å². The zero-order valence-electron chi connectivity index (χ0n) is 18.0. The summed E-state index contributed by atoms with van der Waals surface area (Å²) in [4.78, 5) is 29.5. The molecule has 1 aromatic heterocycles. The summed E-state index contributed by atoms with van der Waals surface area (Å²) in [6.45, 7) is 1.43. The number of nitrogens with zero attached hydrogens (tertiary/aromatic N) is 3. The van der Waals surface area contributed by atoms with E-state index in [2.05, 4.69) is 21.0 Å². The van der Waals surface area contributed by atoms with Crippen LogP contribution in [-0.4, -0.2) is 33.1 Å². The predicted octanol–water partition coefficient (Wildman–Crippen LogP) is 5.59. The summed E-state index contributed by atoms with van der Waals surface area (Å²) < 4.78 is 7.47. The minimum atomic E-state index is -1.10. The number of fused-ring (bicyclic) bond motifs is 1. The van der Waals surface area contributed by atoms with Crippen LogP contribution in [0.2, 0.25) is 5.02 Å². The summed E-state index contributed by atoms with van der Waals surface area (Å²) in [6, 6.07) is 10.5. The van der Waals surface area contributed by atoms with Crippen molar-refractivity contribution in [3.8, 4) is 5.75 Å². The first-order chi connectivity index (χ1) is 15.8. The number of para-hydroxylation sites is 1. The highest BCUT2D eigenvalue weighted by atomic mass is 79.9. The Morgan fingerprint density at radius 3 is 2.76 bits per heavy atom. The molecule has 1 aliphatic rings. The van der Waals surface area contributed by atoms with Crippen LogP contribution in [0, 0.1) is 0 Å². The number of halogens is 2. The Labute approximate surface area is 204 Å². The van der Waals surface area contributed by atoms with Crippen molar-refractivity contribution < 1.29 is 14.6 Å². The molecule has 0 amide bonds. The number of carboxylic acid groups (broad SMARTS) is 1. The van der Waals surface area contributed by atoms with E-state index in [-0.39, 0.29) is 17.2 Å². The summed E-state index contributed by atoms with van der Waals surface area (Å²) in [5, 5.41) is 14.7. The van der Waals surface area contributed by atoms with Crippen LogP contribution in [0.3, 0.4) is 0 Å². The van der Waals surface area contributed by atoms with Gasteiger partial charge < -0.3 is 9.84 Å². The van der Waals surface area contributed by atoms with Gasteiger partial charge in [-0.1, -0.05) is 43.0 Å². The number of benzene rings is 2. The number of carbonyl (C=O) groups is 1. The topological polar surface area (TPSA) is 93.8 Å². The molecule has 1 aliphatic carbocycles. The molecule has 0 aliphatic heterocycles. The van der Waals surface area contributed by atoms with Crippen LogP contribution in [0.15, 0.2) is 50.8 Å². The van der Waals surface area contributed by atoms with Crippen LogP contribution >= 0.6 is 27.5 Å². The molecule has 9 heteroatoms. The highest BCUT2D eigenvalue weighted by Crippen LogP contribution is 2.34. The summed E-state index contributed by atoms with van der Waals surface area (Å²) in [5.41, 5.74) is 0.844. The zero-order valence-corrected chi connectivity index (χ0v) is 20.3. The fourth-order valence-corrected chi connectivity index (χ4v) is 4.95. The molecule has 172 valence electrons. The third kappa shape index (κ3) is 5.12. The molecule has 4 rings (SSSR count). The van der Waals surface area contributed by atoms with E-state index >= 15 is 0 Å². The molecule has 1 N–H and O–H groups in total. The second kappa shape index (κ2) is 10.1. The van der Waals surface area contributed by atoms with Crippen LogP contribution in [0.25, 0.3) is 10.9 Å². The summed E-state index contributed by atoms with van der Waals surface area (Å²) in [5.74, 6) is -0.0486. The zero-order chi connectivity index (χ0) is 23.5. The van der Waals surface area contributed by atoms with Crippen molar-refractivity contribution in [3.05, 3.63) is 67.6 Å². The van der Waals surface area contributed by atoms with Crippen molar-refractivity contribution in [2.75, 3.05) is 0 Å². The molecule has 1 atom stereocenters. The molecule has 3 aromatic rings. The number of hydrogen-bond donors (Lipinski definition) is 1. The van der Waals surface area contributed by atoms with Gasteiger partial charge in [0.2, 0.25) is 0 Å². The molecule has 0 bridgehead atoms. The fourth-order valence-electron chi connectivity index (χ4n) is 4.03. The Hall–Kier alpha value is -2.71. The fraction of sp³-hybridized carbons (Fsp3) is 0.333. The minimum Gasteiger partial charge on any atom is -0.479 e. The predicted molar refractivity (Wildman–Crippen MR) is 132 cm³/mol. The summed E-state index contributed by atoms with van der Waals surface area (Å²) in [7, 11) is 0. The maximum atomic E-state index is 13.4. The van der Waals surface area contributed by atoms with Gasteiger partial charge in [0.1, 0.15) is 11.6 Å². The van der Waals surface area contributed by atoms with E-state index in [9.17, 15) is 14.7 Å². The lowest BCUT2D eigenvalue weighted by atomic mass is 9.88. The van der Waals surface area contributed by atoms with Crippen molar-refractivity contribution >= 4 is 50.6 Å². The van der Waals surface area contributed by atoms with Gasteiger partial charge in [-0.05, 0) is 60.0 Å². The van der Waals surface area contributed by atoms with E-state index in [1.165, 1.54) is 24.2 Å². The van der Waals surface area contributed by atoms with E-state index in [0.717, 1.165) is 25.7 Å². The normalized spacial score (nSPS) is 15.7. The Morgan fingerprint density at radius 1 is 1.30 bits per heavy atom. The molecule has 1 fully saturated rings. The average Bonchev–Trinajstić information content (AvgIpc) is 2.80. The maximum Gasteiger partial charge on any atom is 0.344 e. The van der Waals surface area contributed by atoms with E-state index in [1.54, 1.807) is 24.3 Å². The Balaban J connectivity index is 1.83. The first kappa shape index (κ1) is 23.4. The van der Waals surface area contributed by atoms with Crippen LogP contribution in [0.1, 0.15) is 56.3 Å². The van der Waals surface area contributed by atoms with Gasteiger partial charge in [-0.2, -0.15) is 9.78 Å². The molecule has 0 unspecified atom stereocenters. The van der Waals surface area contributed by atoms with Crippen LogP contribution in [0.4, 0.5) is 0 Å². The van der Waals surface area contributed by atoms with E-state index in [1.807, 2.05) is 12.1 Å². The second-order valence-electron chi connectivity index (χ2n) is 8.09. The number of ether oxygens (including phenoxy) is 1. The van der Waals surface area contributed by atoms with Gasteiger partial charge >= 0.3 is 5.97 Å². The van der Waals surface area contributed by atoms with E-state index in [0.29, 0.717) is 31.8 Å². The van der Waals surface area contributed by atoms with Gasteiger partial charge in [0.05, 0.1) is 21.6 Å². The Bertz CT molecular complexity index is 1280. The molecule has 1 saturated carbocycles. The van der Waals surface area contributed by atoms with Crippen molar-refractivity contribution in [3.63, 3.8) is 0 Å². The lowest BCUT2D eigenvalue weighted by molar-refractivity contribution is -0.144. The Kier molecular flexibility index (Phi) is 7.14. The number of rotatable bonds is 6. The highest BCUT2D eigenvalue weighted by Gasteiger charge is 2.23. The number of hydrogen-bond acceptors (Lipinski definition) is 5. The van der Waals surface area contributed by atoms with Crippen LogP contribution in [-0.2, 0) is 4.79 Å². The lowest BCUT2D eigenvalue weighted by Gasteiger charge is -2.22. The molecule has 1 heterocycles. The third-order valence-electron chi connectivity index (χ3n) is 5.74. The molecule has 2 aromatic carbocycles. The third-order valence-corrected chi connectivity index (χ3v) is 6.55. The first-order valence-corrected chi connectivity index (χ1v) is 12.0. The minimum absolute atomic E-state index is 0.141. The van der Waals surface area contributed by atoms with Gasteiger partial charge in [0.25, 0.3) is 5.56 Å². The van der Waals surface area contributed by atoms with Crippen molar-refractivity contribution in [1.29, 1.82) is 0 Å². The molecule has 0 saturated heterocycles. The smallest absolute Gasteiger partial charge is 0.344 e. The van der Waals surface area contributed by atoms with Gasteiger partial charge in [-0.25, -0.2) is 9.78 Å². The molecular formula is C24H23BrClN3O4. The van der Waals surface area contributed by atoms with Gasteiger partial charge in [0, 0.05) is 16.5 Å². The number of aromatic nitrogens is 2.